The molecule has 21 heavy (non-hydrogen) atoms. The number of hydrogen-bond donors (Lipinski definition) is 3. The highest BCUT2D eigenvalue weighted by atomic mass is 16.4. The van der Waals surface area contributed by atoms with E-state index in [4.69, 9.17) is 5.11 Å². The molecule has 0 aliphatic rings. The monoisotopic (exact) mass is 292 g/mol. The van der Waals surface area contributed by atoms with Gasteiger partial charge in [-0.05, 0) is 18.6 Å². The maximum atomic E-state index is 12.2. The standard InChI is InChI=1S/C13H16N4O4/c1-2-3-6-9(12(19)20)14-11(18)8-5-4-7-17-10(8)15-16-13(17)21/h4-5,7,9H,2-3,6H2,1H3,(H,14,18)(H,16,21)(H,19,20)/t9-/m0/s1. The van der Waals surface area contributed by atoms with Gasteiger partial charge < -0.3 is 10.4 Å². The van der Waals surface area contributed by atoms with E-state index in [-0.39, 0.29) is 11.2 Å². The van der Waals surface area contributed by atoms with E-state index in [1.165, 1.54) is 22.7 Å². The molecule has 0 aromatic carbocycles. The third-order valence-corrected chi connectivity index (χ3v) is 3.14. The topological polar surface area (TPSA) is 117 Å². The molecule has 0 saturated heterocycles. The van der Waals surface area contributed by atoms with Gasteiger partial charge in [0.15, 0.2) is 5.65 Å². The summed E-state index contributed by atoms with van der Waals surface area (Å²) in [6, 6.07) is 2.06. The molecule has 2 aromatic rings. The zero-order chi connectivity index (χ0) is 15.4. The number of carboxylic acids is 1. The number of rotatable bonds is 6. The maximum Gasteiger partial charge on any atom is 0.347 e. The molecule has 8 nitrogen and oxygen atoms in total. The minimum absolute atomic E-state index is 0.151. The number of aromatic nitrogens is 3. The Hall–Kier alpha value is -2.64. The van der Waals surface area contributed by atoms with Gasteiger partial charge in [0.05, 0.1) is 5.56 Å². The first kappa shape index (κ1) is 14.8. The molecule has 2 rings (SSSR count). The van der Waals surface area contributed by atoms with Crippen molar-refractivity contribution in [3.63, 3.8) is 0 Å². The minimum Gasteiger partial charge on any atom is -0.480 e. The predicted molar refractivity (Wildman–Crippen MR) is 74.2 cm³/mol. The fourth-order valence-electron chi connectivity index (χ4n) is 2.01. The van der Waals surface area contributed by atoms with Gasteiger partial charge in [0, 0.05) is 6.20 Å². The van der Waals surface area contributed by atoms with Gasteiger partial charge in [0.2, 0.25) is 0 Å². The number of carboxylic acid groups (broad SMARTS) is 1. The van der Waals surface area contributed by atoms with E-state index in [0.717, 1.165) is 6.42 Å². The van der Waals surface area contributed by atoms with Crippen LogP contribution in [0, 0.1) is 0 Å². The van der Waals surface area contributed by atoms with Gasteiger partial charge in [-0.15, -0.1) is 0 Å². The van der Waals surface area contributed by atoms with Crippen molar-refractivity contribution in [2.45, 2.75) is 32.2 Å². The lowest BCUT2D eigenvalue weighted by atomic mass is 10.1. The Kier molecular flexibility index (Phi) is 4.36. The average Bonchev–Trinajstić information content (AvgIpc) is 2.84. The van der Waals surface area contributed by atoms with Crippen molar-refractivity contribution >= 4 is 17.5 Å². The zero-order valence-electron chi connectivity index (χ0n) is 11.5. The molecule has 1 atom stereocenters. The number of aliphatic carboxylic acids is 1. The predicted octanol–water partition coefficient (Wildman–Crippen LogP) is 0.396. The van der Waals surface area contributed by atoms with Crippen molar-refractivity contribution in [2.24, 2.45) is 0 Å². The summed E-state index contributed by atoms with van der Waals surface area (Å²) in [5.74, 6) is -1.65. The van der Waals surface area contributed by atoms with Crippen LogP contribution in [0.3, 0.4) is 0 Å². The van der Waals surface area contributed by atoms with Crippen molar-refractivity contribution in [3.05, 3.63) is 34.4 Å². The molecule has 0 unspecified atom stereocenters. The lowest BCUT2D eigenvalue weighted by Gasteiger charge is -2.14. The first-order valence-corrected chi connectivity index (χ1v) is 6.64. The van der Waals surface area contributed by atoms with E-state index in [0.29, 0.717) is 12.8 Å². The van der Waals surface area contributed by atoms with Crippen LogP contribution in [0.15, 0.2) is 23.1 Å². The van der Waals surface area contributed by atoms with E-state index < -0.39 is 23.6 Å². The van der Waals surface area contributed by atoms with Crippen LogP contribution in [0.1, 0.15) is 36.5 Å². The normalized spacial score (nSPS) is 12.2. The molecule has 112 valence electrons. The van der Waals surface area contributed by atoms with Gasteiger partial charge in [-0.3, -0.25) is 4.79 Å². The van der Waals surface area contributed by atoms with Crippen molar-refractivity contribution in [2.75, 3.05) is 0 Å². The lowest BCUT2D eigenvalue weighted by Crippen LogP contribution is -2.40. The van der Waals surface area contributed by atoms with Crippen LogP contribution in [-0.2, 0) is 4.79 Å². The van der Waals surface area contributed by atoms with Crippen LogP contribution >= 0.6 is 0 Å². The highest BCUT2D eigenvalue weighted by molar-refractivity contribution is 6.01. The molecule has 8 heteroatoms. The fraction of sp³-hybridized carbons (Fsp3) is 0.385. The van der Waals surface area contributed by atoms with Crippen LogP contribution in [0.25, 0.3) is 5.65 Å². The van der Waals surface area contributed by atoms with Crippen LogP contribution in [0.5, 0.6) is 0 Å². The molecule has 3 N–H and O–H groups in total. The SMILES string of the molecule is CCCC[C@H](NC(=O)c1cccn2c(=O)[nH]nc12)C(=O)O. The van der Waals surface area contributed by atoms with Crippen LogP contribution < -0.4 is 11.0 Å². The Morgan fingerprint density at radius 1 is 1.52 bits per heavy atom. The molecular weight excluding hydrogens is 276 g/mol. The Labute approximate surface area is 119 Å². The number of aromatic amines is 1. The Morgan fingerprint density at radius 2 is 2.29 bits per heavy atom. The van der Waals surface area contributed by atoms with Gasteiger partial charge >= 0.3 is 11.7 Å². The van der Waals surface area contributed by atoms with Crippen molar-refractivity contribution in [1.29, 1.82) is 0 Å². The number of carbonyl (C=O) groups is 2. The molecule has 0 fully saturated rings. The zero-order valence-corrected chi connectivity index (χ0v) is 11.5. The molecule has 0 aliphatic heterocycles. The number of hydrogen-bond acceptors (Lipinski definition) is 4. The molecule has 1 amide bonds. The second kappa shape index (κ2) is 6.21. The van der Waals surface area contributed by atoms with E-state index in [9.17, 15) is 14.4 Å². The fourth-order valence-corrected chi connectivity index (χ4v) is 2.01. The molecule has 0 saturated carbocycles. The lowest BCUT2D eigenvalue weighted by molar-refractivity contribution is -0.139. The molecule has 2 aromatic heterocycles. The third-order valence-electron chi connectivity index (χ3n) is 3.14. The maximum absolute atomic E-state index is 12.2. The third kappa shape index (κ3) is 3.10. The summed E-state index contributed by atoms with van der Waals surface area (Å²) in [4.78, 5) is 34.8. The Bertz CT molecular complexity index is 718. The first-order valence-electron chi connectivity index (χ1n) is 6.64. The summed E-state index contributed by atoms with van der Waals surface area (Å²) in [5.41, 5.74) is -0.140. The number of H-pyrrole nitrogens is 1. The van der Waals surface area contributed by atoms with E-state index in [1.807, 2.05) is 6.92 Å². The summed E-state index contributed by atoms with van der Waals surface area (Å²) in [6.45, 7) is 1.94. The van der Waals surface area contributed by atoms with Crippen molar-refractivity contribution in [1.82, 2.24) is 19.9 Å². The van der Waals surface area contributed by atoms with E-state index in [1.54, 1.807) is 0 Å². The number of nitrogens with zero attached hydrogens (tertiary/aromatic N) is 2. The quantitative estimate of drug-likeness (QED) is 0.712. The van der Waals surface area contributed by atoms with E-state index >= 15 is 0 Å². The summed E-state index contributed by atoms with van der Waals surface area (Å²) < 4.78 is 1.19. The van der Waals surface area contributed by atoms with E-state index in [2.05, 4.69) is 15.5 Å². The second-order valence-corrected chi connectivity index (χ2v) is 4.65. The largest absolute Gasteiger partial charge is 0.480 e. The smallest absolute Gasteiger partial charge is 0.347 e. The molecule has 0 bridgehead atoms. The summed E-state index contributed by atoms with van der Waals surface area (Å²) >= 11 is 0. The molecule has 0 spiro atoms. The van der Waals surface area contributed by atoms with Crippen LogP contribution in [0.4, 0.5) is 0 Å². The van der Waals surface area contributed by atoms with Crippen LogP contribution in [-0.4, -0.2) is 37.6 Å². The minimum atomic E-state index is -1.08. The Balaban J connectivity index is 2.25. The van der Waals surface area contributed by atoms with Crippen molar-refractivity contribution in [3.8, 4) is 0 Å². The van der Waals surface area contributed by atoms with Crippen molar-refractivity contribution < 1.29 is 14.7 Å². The van der Waals surface area contributed by atoms with Crippen LogP contribution in [0.2, 0.25) is 0 Å². The highest BCUT2D eigenvalue weighted by Gasteiger charge is 2.22. The number of nitrogens with one attached hydrogen (secondary N) is 2. The molecule has 0 aliphatic carbocycles. The van der Waals surface area contributed by atoms with Gasteiger partial charge in [-0.1, -0.05) is 19.8 Å². The second-order valence-electron chi connectivity index (χ2n) is 4.65. The highest BCUT2D eigenvalue weighted by Crippen LogP contribution is 2.08. The van der Waals surface area contributed by atoms with Gasteiger partial charge in [0.25, 0.3) is 5.91 Å². The number of fused-ring (bicyclic) bond motifs is 1. The molecule has 2 heterocycles. The van der Waals surface area contributed by atoms with Gasteiger partial charge in [-0.2, -0.15) is 5.10 Å². The van der Waals surface area contributed by atoms with Gasteiger partial charge in [-0.25, -0.2) is 19.1 Å². The van der Waals surface area contributed by atoms with Gasteiger partial charge in [0.1, 0.15) is 6.04 Å². The number of carbonyl (C=O) groups excluding carboxylic acids is 1. The molecule has 0 radical (unpaired) electrons. The Morgan fingerprint density at radius 3 is 2.95 bits per heavy atom. The molecular formula is C13H16N4O4. The first-order chi connectivity index (χ1) is 10.0. The average molecular weight is 292 g/mol. The number of unbranched alkanes of at least 4 members (excludes halogenated alkanes) is 1. The number of pyridine rings is 1. The summed E-state index contributed by atoms with van der Waals surface area (Å²) in [7, 11) is 0. The number of amides is 1. The summed E-state index contributed by atoms with van der Waals surface area (Å²) in [6.07, 6.45) is 3.37. The summed E-state index contributed by atoms with van der Waals surface area (Å²) in [5, 5.41) is 17.6.